The first-order valence-corrected chi connectivity index (χ1v) is 6.39. The highest BCUT2D eigenvalue weighted by molar-refractivity contribution is 5.90. The zero-order valence-electron chi connectivity index (χ0n) is 10.7. The largest absolute Gasteiger partial charge is 0.399 e. The van der Waals surface area contributed by atoms with Gasteiger partial charge in [-0.2, -0.15) is 4.98 Å². The third-order valence-corrected chi connectivity index (χ3v) is 2.91. The number of carbonyl (C=O) groups is 1. The Morgan fingerprint density at radius 3 is 2.75 bits per heavy atom. The van der Waals surface area contributed by atoms with E-state index in [1.54, 1.807) is 6.08 Å². The fourth-order valence-corrected chi connectivity index (χ4v) is 1.65. The Labute approximate surface area is 115 Å². The van der Waals surface area contributed by atoms with Crippen LogP contribution in [0.25, 0.3) is 12.2 Å². The summed E-state index contributed by atoms with van der Waals surface area (Å²) in [6.45, 7) is 0. The first-order valence-electron chi connectivity index (χ1n) is 6.39. The summed E-state index contributed by atoms with van der Waals surface area (Å²) < 4.78 is 5.00. The molecule has 1 saturated carbocycles. The molecule has 0 aliphatic heterocycles. The Kier molecular flexibility index (Phi) is 3.20. The maximum atomic E-state index is 11.7. The van der Waals surface area contributed by atoms with Crippen molar-refractivity contribution < 1.29 is 9.32 Å². The van der Waals surface area contributed by atoms with Crippen LogP contribution in [-0.4, -0.2) is 22.1 Å². The van der Waals surface area contributed by atoms with Crippen molar-refractivity contribution in [1.29, 1.82) is 0 Å². The van der Waals surface area contributed by atoms with Gasteiger partial charge in [-0.15, -0.1) is 0 Å². The number of benzene rings is 1. The normalized spacial score (nSPS) is 14.6. The van der Waals surface area contributed by atoms with Crippen molar-refractivity contribution >= 4 is 23.7 Å². The van der Waals surface area contributed by atoms with E-state index in [1.807, 2.05) is 30.3 Å². The summed E-state index contributed by atoms with van der Waals surface area (Å²) >= 11 is 0. The van der Waals surface area contributed by atoms with Crippen molar-refractivity contribution in [3.8, 4) is 0 Å². The van der Waals surface area contributed by atoms with Crippen molar-refractivity contribution in [1.82, 2.24) is 15.5 Å². The van der Waals surface area contributed by atoms with E-state index in [1.165, 1.54) is 0 Å². The van der Waals surface area contributed by atoms with Gasteiger partial charge in [-0.25, -0.2) is 0 Å². The predicted octanol–water partition coefficient (Wildman–Crippen LogP) is 1.71. The molecule has 3 N–H and O–H groups in total. The van der Waals surface area contributed by atoms with E-state index in [2.05, 4.69) is 15.5 Å². The molecule has 0 spiro atoms. The Morgan fingerprint density at radius 1 is 1.30 bits per heavy atom. The second-order valence-electron chi connectivity index (χ2n) is 4.70. The molecule has 0 saturated heterocycles. The summed E-state index contributed by atoms with van der Waals surface area (Å²) in [5, 5.41) is 6.46. The fourth-order valence-electron chi connectivity index (χ4n) is 1.65. The van der Waals surface area contributed by atoms with Gasteiger partial charge in [-0.3, -0.25) is 4.79 Å². The monoisotopic (exact) mass is 270 g/mol. The molecule has 0 atom stereocenters. The molecule has 0 bridgehead atoms. The van der Waals surface area contributed by atoms with Crippen LogP contribution in [0.2, 0.25) is 0 Å². The maximum Gasteiger partial charge on any atom is 0.292 e. The lowest BCUT2D eigenvalue weighted by Crippen LogP contribution is -2.26. The molecule has 1 aliphatic carbocycles. The van der Waals surface area contributed by atoms with Crippen molar-refractivity contribution in [2.75, 3.05) is 5.73 Å². The highest BCUT2D eigenvalue weighted by Crippen LogP contribution is 2.19. The van der Waals surface area contributed by atoms with E-state index in [0.29, 0.717) is 11.6 Å². The van der Waals surface area contributed by atoms with Crippen molar-refractivity contribution in [2.45, 2.75) is 18.9 Å². The molecule has 0 radical (unpaired) electrons. The van der Waals surface area contributed by atoms with E-state index in [9.17, 15) is 4.79 Å². The van der Waals surface area contributed by atoms with Crippen LogP contribution in [0, 0.1) is 0 Å². The molecule has 1 heterocycles. The van der Waals surface area contributed by atoms with E-state index >= 15 is 0 Å². The molecule has 1 fully saturated rings. The van der Waals surface area contributed by atoms with E-state index in [4.69, 9.17) is 10.3 Å². The summed E-state index contributed by atoms with van der Waals surface area (Å²) in [4.78, 5) is 15.7. The summed E-state index contributed by atoms with van der Waals surface area (Å²) in [6, 6.07) is 7.64. The van der Waals surface area contributed by atoms with Gasteiger partial charge in [0.05, 0.1) is 0 Å². The number of aromatic nitrogens is 2. The third kappa shape index (κ3) is 3.03. The first-order chi connectivity index (χ1) is 9.70. The zero-order chi connectivity index (χ0) is 13.9. The Bertz CT molecular complexity index is 641. The van der Waals surface area contributed by atoms with Crippen LogP contribution in [0.4, 0.5) is 5.69 Å². The zero-order valence-corrected chi connectivity index (χ0v) is 10.7. The van der Waals surface area contributed by atoms with Crippen molar-refractivity contribution in [2.24, 2.45) is 0 Å². The van der Waals surface area contributed by atoms with Crippen molar-refractivity contribution in [3.63, 3.8) is 0 Å². The average molecular weight is 270 g/mol. The standard InChI is InChI=1S/C14H14N4O2/c15-10-4-1-9(2-5-10)3-8-12-17-13(18-20-12)14(19)16-11-6-7-11/h1-5,8,11H,6-7,15H2,(H,16,19)/b8-3+. The molecular formula is C14H14N4O2. The third-order valence-electron chi connectivity index (χ3n) is 2.91. The van der Waals surface area contributed by atoms with Crippen LogP contribution in [0.1, 0.15) is 34.9 Å². The summed E-state index contributed by atoms with van der Waals surface area (Å²) in [5.41, 5.74) is 7.27. The molecule has 1 aromatic carbocycles. The van der Waals surface area contributed by atoms with Gasteiger partial charge in [0, 0.05) is 17.8 Å². The minimum absolute atomic E-state index is 0.0638. The number of anilines is 1. The number of nitrogens with zero attached hydrogens (tertiary/aromatic N) is 2. The maximum absolute atomic E-state index is 11.7. The number of rotatable bonds is 4. The highest BCUT2D eigenvalue weighted by Gasteiger charge is 2.25. The summed E-state index contributed by atoms with van der Waals surface area (Å²) in [5.74, 6) is 0.0695. The van der Waals surface area contributed by atoms with Crippen molar-refractivity contribution in [3.05, 3.63) is 41.5 Å². The smallest absolute Gasteiger partial charge is 0.292 e. The number of carbonyl (C=O) groups excluding carboxylic acids is 1. The highest BCUT2D eigenvalue weighted by atomic mass is 16.5. The second kappa shape index (κ2) is 5.16. The van der Waals surface area contributed by atoms with E-state index < -0.39 is 0 Å². The topological polar surface area (TPSA) is 94.0 Å². The summed E-state index contributed by atoms with van der Waals surface area (Å²) in [6.07, 6.45) is 5.52. The summed E-state index contributed by atoms with van der Waals surface area (Å²) in [7, 11) is 0. The minimum Gasteiger partial charge on any atom is -0.399 e. The molecule has 20 heavy (non-hydrogen) atoms. The molecule has 102 valence electrons. The molecule has 1 aromatic heterocycles. The lowest BCUT2D eigenvalue weighted by atomic mass is 10.2. The average Bonchev–Trinajstić information content (AvgIpc) is 3.13. The molecule has 6 nitrogen and oxygen atoms in total. The van der Waals surface area contributed by atoms with Gasteiger partial charge in [0.15, 0.2) is 0 Å². The number of nitrogens with two attached hydrogens (primary N) is 1. The lowest BCUT2D eigenvalue weighted by molar-refractivity contribution is 0.0937. The van der Waals surface area contributed by atoms with Gasteiger partial charge in [0.2, 0.25) is 0 Å². The van der Waals surface area contributed by atoms with Gasteiger partial charge in [-0.05, 0) is 36.6 Å². The minimum atomic E-state index is -0.289. The molecule has 1 aliphatic rings. The van der Waals surface area contributed by atoms with Gasteiger partial charge in [0.1, 0.15) is 0 Å². The van der Waals surface area contributed by atoms with Crippen LogP contribution in [0.15, 0.2) is 28.8 Å². The molecular weight excluding hydrogens is 256 g/mol. The van der Waals surface area contributed by atoms with Gasteiger partial charge in [-0.1, -0.05) is 17.3 Å². The van der Waals surface area contributed by atoms with Crippen LogP contribution in [0.5, 0.6) is 0 Å². The van der Waals surface area contributed by atoms with Gasteiger partial charge < -0.3 is 15.6 Å². The van der Waals surface area contributed by atoms with Crippen LogP contribution in [0.3, 0.4) is 0 Å². The van der Waals surface area contributed by atoms with Crippen LogP contribution >= 0.6 is 0 Å². The number of amides is 1. The SMILES string of the molecule is Nc1ccc(/C=C/c2nc(C(=O)NC3CC3)no2)cc1. The molecule has 2 aromatic rings. The molecule has 3 rings (SSSR count). The van der Waals surface area contributed by atoms with E-state index in [-0.39, 0.29) is 17.8 Å². The Morgan fingerprint density at radius 2 is 2.05 bits per heavy atom. The molecule has 6 heteroatoms. The number of hydrogen-bond donors (Lipinski definition) is 2. The molecule has 1 amide bonds. The van der Waals surface area contributed by atoms with Gasteiger partial charge in [0.25, 0.3) is 17.6 Å². The van der Waals surface area contributed by atoms with E-state index in [0.717, 1.165) is 18.4 Å². The Balaban J connectivity index is 1.66. The Hall–Kier alpha value is -2.63. The van der Waals surface area contributed by atoms with Crippen LogP contribution in [-0.2, 0) is 0 Å². The number of hydrogen-bond acceptors (Lipinski definition) is 5. The van der Waals surface area contributed by atoms with Crippen LogP contribution < -0.4 is 11.1 Å². The quantitative estimate of drug-likeness (QED) is 0.825. The second-order valence-corrected chi connectivity index (χ2v) is 4.70. The number of nitrogen functional groups attached to an aromatic ring is 1. The van der Waals surface area contributed by atoms with Gasteiger partial charge >= 0.3 is 0 Å². The predicted molar refractivity (Wildman–Crippen MR) is 74.6 cm³/mol. The first kappa shape index (κ1) is 12.4. The molecule has 0 unspecified atom stereocenters. The fraction of sp³-hybridized carbons (Fsp3) is 0.214. The lowest BCUT2D eigenvalue weighted by Gasteiger charge is -1.95. The number of nitrogens with one attached hydrogen (secondary N) is 1.